The second-order valence-electron chi connectivity index (χ2n) is 6.72. The molecule has 0 saturated carbocycles. The van der Waals surface area contributed by atoms with E-state index in [4.69, 9.17) is 5.26 Å². The molecule has 1 atom stereocenters. The number of carbonyl (C=O) groups excluding carboxylic acids is 1. The second kappa shape index (κ2) is 8.11. The highest BCUT2D eigenvalue weighted by atomic mass is 16.2. The van der Waals surface area contributed by atoms with Crippen molar-refractivity contribution in [3.05, 3.63) is 23.9 Å². The number of anilines is 1. The number of aromatic nitrogens is 1. The van der Waals surface area contributed by atoms with Gasteiger partial charge in [0.05, 0.1) is 5.56 Å². The maximum absolute atomic E-state index is 11.6. The first-order valence-corrected chi connectivity index (χ1v) is 8.85. The predicted octanol–water partition coefficient (Wildman–Crippen LogP) is 1.70. The summed E-state index contributed by atoms with van der Waals surface area (Å²) in [6.07, 6.45) is 5.64. The Balaban J connectivity index is 1.33. The normalized spacial score (nSPS) is 21.2. The lowest BCUT2D eigenvalue weighted by Crippen LogP contribution is -2.30. The maximum atomic E-state index is 11.6. The zero-order chi connectivity index (χ0) is 16.8. The minimum atomic E-state index is 0.327. The first-order chi connectivity index (χ1) is 11.7. The molecule has 0 bridgehead atoms. The third-order valence-electron chi connectivity index (χ3n) is 4.91. The van der Waals surface area contributed by atoms with E-state index in [1.165, 1.54) is 6.42 Å². The van der Waals surface area contributed by atoms with Crippen molar-refractivity contribution in [3.63, 3.8) is 0 Å². The van der Waals surface area contributed by atoms with Crippen molar-refractivity contribution in [2.75, 3.05) is 44.6 Å². The molecule has 2 fully saturated rings. The van der Waals surface area contributed by atoms with Crippen LogP contribution in [0.1, 0.15) is 31.2 Å². The zero-order valence-corrected chi connectivity index (χ0v) is 14.1. The van der Waals surface area contributed by atoms with E-state index < -0.39 is 0 Å². The SMILES string of the molecule is N#Cc1ccc(NC[C@@H]2CCN(CCCN3CCCC3=O)C2)nc1. The van der Waals surface area contributed by atoms with Gasteiger partial charge in [0.2, 0.25) is 5.91 Å². The number of nitrogens with one attached hydrogen (secondary N) is 1. The summed E-state index contributed by atoms with van der Waals surface area (Å²) in [5.41, 5.74) is 0.587. The van der Waals surface area contributed by atoms with E-state index in [2.05, 4.69) is 21.3 Å². The van der Waals surface area contributed by atoms with E-state index in [0.717, 1.165) is 64.3 Å². The molecule has 0 radical (unpaired) electrons. The Hall–Kier alpha value is -2.13. The molecule has 0 unspecified atom stereocenters. The molecular formula is C18H25N5O. The number of likely N-dealkylation sites (tertiary alicyclic amines) is 2. The highest BCUT2D eigenvalue weighted by Crippen LogP contribution is 2.18. The van der Waals surface area contributed by atoms with Crippen LogP contribution >= 0.6 is 0 Å². The molecule has 1 aromatic heterocycles. The Labute approximate surface area is 143 Å². The fourth-order valence-electron chi connectivity index (χ4n) is 3.52. The maximum Gasteiger partial charge on any atom is 0.222 e. The number of nitrogens with zero attached hydrogens (tertiary/aromatic N) is 4. The lowest BCUT2D eigenvalue weighted by Gasteiger charge is -2.19. The Morgan fingerprint density at radius 3 is 2.96 bits per heavy atom. The van der Waals surface area contributed by atoms with Crippen molar-refractivity contribution in [3.8, 4) is 6.07 Å². The molecule has 2 saturated heterocycles. The van der Waals surface area contributed by atoms with Crippen LogP contribution in [-0.4, -0.2) is 60.0 Å². The fraction of sp³-hybridized carbons (Fsp3) is 0.611. The third-order valence-corrected chi connectivity index (χ3v) is 4.91. The van der Waals surface area contributed by atoms with Crippen molar-refractivity contribution < 1.29 is 4.79 Å². The molecule has 6 heteroatoms. The Bertz CT molecular complexity index is 594. The third kappa shape index (κ3) is 4.45. The fourth-order valence-corrected chi connectivity index (χ4v) is 3.52. The van der Waals surface area contributed by atoms with Gasteiger partial charge in [0, 0.05) is 38.8 Å². The molecule has 0 aromatic carbocycles. The topological polar surface area (TPSA) is 72.3 Å². The standard InChI is InChI=1S/C18H25N5O/c19-11-15-4-5-17(20-12-15)21-13-16-6-10-22(14-16)7-2-9-23-8-1-3-18(23)24/h4-5,12,16H,1-3,6-10,13-14H2,(H,20,21)/t16-/m0/s1. The average molecular weight is 327 g/mol. The van der Waals surface area contributed by atoms with Gasteiger partial charge in [0.1, 0.15) is 11.9 Å². The smallest absolute Gasteiger partial charge is 0.222 e. The zero-order valence-electron chi connectivity index (χ0n) is 14.1. The van der Waals surface area contributed by atoms with Gasteiger partial charge in [0.25, 0.3) is 0 Å². The lowest BCUT2D eigenvalue weighted by molar-refractivity contribution is -0.127. The van der Waals surface area contributed by atoms with Gasteiger partial charge in [-0.1, -0.05) is 0 Å². The minimum absolute atomic E-state index is 0.327. The van der Waals surface area contributed by atoms with Gasteiger partial charge in [-0.3, -0.25) is 4.79 Å². The summed E-state index contributed by atoms with van der Waals surface area (Å²) < 4.78 is 0. The van der Waals surface area contributed by atoms with Crippen molar-refractivity contribution in [2.45, 2.75) is 25.7 Å². The van der Waals surface area contributed by atoms with E-state index in [-0.39, 0.29) is 0 Å². The van der Waals surface area contributed by atoms with Crippen LogP contribution in [0.3, 0.4) is 0 Å². The summed E-state index contributed by atoms with van der Waals surface area (Å²) in [5.74, 6) is 1.80. The lowest BCUT2D eigenvalue weighted by atomic mass is 10.1. The Kier molecular flexibility index (Phi) is 5.65. The van der Waals surface area contributed by atoms with E-state index in [1.54, 1.807) is 12.3 Å². The van der Waals surface area contributed by atoms with Crippen molar-refractivity contribution in [1.29, 1.82) is 5.26 Å². The molecule has 3 rings (SSSR count). The number of amides is 1. The molecule has 2 aliphatic heterocycles. The number of carbonyl (C=O) groups is 1. The van der Waals surface area contributed by atoms with Gasteiger partial charge < -0.3 is 15.1 Å². The molecular weight excluding hydrogens is 302 g/mol. The molecule has 3 heterocycles. The van der Waals surface area contributed by atoms with Gasteiger partial charge in [-0.2, -0.15) is 5.26 Å². The van der Waals surface area contributed by atoms with E-state index in [0.29, 0.717) is 17.4 Å². The number of hydrogen-bond donors (Lipinski definition) is 1. The summed E-state index contributed by atoms with van der Waals surface area (Å²) >= 11 is 0. The number of hydrogen-bond acceptors (Lipinski definition) is 5. The largest absolute Gasteiger partial charge is 0.370 e. The van der Waals surface area contributed by atoms with Gasteiger partial charge in [-0.25, -0.2) is 4.98 Å². The number of nitriles is 1. The van der Waals surface area contributed by atoms with Crippen LogP contribution in [-0.2, 0) is 4.79 Å². The van der Waals surface area contributed by atoms with Crippen LogP contribution in [0.5, 0.6) is 0 Å². The summed E-state index contributed by atoms with van der Waals surface area (Å²) in [4.78, 5) is 20.3. The predicted molar refractivity (Wildman–Crippen MR) is 92.4 cm³/mol. The van der Waals surface area contributed by atoms with Crippen LogP contribution in [0.25, 0.3) is 0 Å². The summed E-state index contributed by atoms with van der Waals surface area (Å²) in [6.45, 7) is 6.10. The molecule has 2 aliphatic rings. The van der Waals surface area contributed by atoms with E-state index >= 15 is 0 Å². The van der Waals surface area contributed by atoms with E-state index in [9.17, 15) is 4.79 Å². The van der Waals surface area contributed by atoms with Gasteiger partial charge >= 0.3 is 0 Å². The van der Waals surface area contributed by atoms with Crippen LogP contribution in [0.4, 0.5) is 5.82 Å². The number of pyridine rings is 1. The quantitative estimate of drug-likeness (QED) is 0.825. The minimum Gasteiger partial charge on any atom is -0.370 e. The van der Waals surface area contributed by atoms with Crippen molar-refractivity contribution in [2.24, 2.45) is 5.92 Å². The molecule has 0 aliphatic carbocycles. The van der Waals surface area contributed by atoms with Crippen molar-refractivity contribution in [1.82, 2.24) is 14.8 Å². The Morgan fingerprint density at radius 1 is 1.33 bits per heavy atom. The summed E-state index contributed by atoms with van der Waals surface area (Å²) in [6, 6.07) is 5.73. The monoisotopic (exact) mass is 327 g/mol. The van der Waals surface area contributed by atoms with Gasteiger partial charge in [0.15, 0.2) is 0 Å². The molecule has 1 N–H and O–H groups in total. The van der Waals surface area contributed by atoms with Crippen LogP contribution < -0.4 is 5.32 Å². The molecule has 128 valence electrons. The summed E-state index contributed by atoms with van der Waals surface area (Å²) in [7, 11) is 0. The molecule has 6 nitrogen and oxygen atoms in total. The highest BCUT2D eigenvalue weighted by Gasteiger charge is 2.23. The molecule has 0 spiro atoms. The first kappa shape index (κ1) is 16.7. The second-order valence-corrected chi connectivity index (χ2v) is 6.72. The Morgan fingerprint density at radius 2 is 2.25 bits per heavy atom. The molecule has 24 heavy (non-hydrogen) atoms. The van der Waals surface area contributed by atoms with E-state index in [1.807, 2.05) is 11.0 Å². The van der Waals surface area contributed by atoms with Gasteiger partial charge in [-0.05, 0) is 50.4 Å². The first-order valence-electron chi connectivity index (χ1n) is 8.85. The summed E-state index contributed by atoms with van der Waals surface area (Å²) in [5, 5.41) is 12.1. The number of rotatable bonds is 7. The molecule has 1 aromatic rings. The van der Waals surface area contributed by atoms with Gasteiger partial charge in [-0.15, -0.1) is 0 Å². The average Bonchev–Trinajstić information content (AvgIpc) is 3.23. The highest BCUT2D eigenvalue weighted by molar-refractivity contribution is 5.77. The van der Waals surface area contributed by atoms with Crippen molar-refractivity contribution >= 4 is 11.7 Å². The van der Waals surface area contributed by atoms with Crippen LogP contribution in [0.15, 0.2) is 18.3 Å². The molecule has 1 amide bonds. The van der Waals surface area contributed by atoms with Crippen LogP contribution in [0, 0.1) is 17.2 Å². The van der Waals surface area contributed by atoms with Crippen LogP contribution in [0.2, 0.25) is 0 Å².